The Morgan fingerprint density at radius 1 is 1.22 bits per heavy atom. The number of benzene rings is 1. The van der Waals surface area contributed by atoms with Gasteiger partial charge in [-0.15, -0.1) is 0 Å². The van der Waals surface area contributed by atoms with Crippen LogP contribution >= 0.6 is 0 Å². The zero-order chi connectivity index (χ0) is 5.98. The summed E-state index contributed by atoms with van der Waals surface area (Å²) in [5, 5.41) is 0. The van der Waals surface area contributed by atoms with Gasteiger partial charge in [-0.05, 0) is 0 Å². The summed E-state index contributed by atoms with van der Waals surface area (Å²) in [5.74, 6) is 0. The van der Waals surface area contributed by atoms with Crippen LogP contribution in [-0.4, -0.2) is 0 Å². The molecular formula is C7H7IZn. The van der Waals surface area contributed by atoms with Crippen LogP contribution in [0.4, 0.5) is 0 Å². The predicted octanol–water partition coefficient (Wildman–Crippen LogP) is -1.83. The van der Waals surface area contributed by atoms with Gasteiger partial charge >= 0.3 is 59.2 Å². The van der Waals surface area contributed by atoms with Crippen LogP contribution in [0.1, 0.15) is 5.56 Å². The summed E-state index contributed by atoms with van der Waals surface area (Å²) < 4.78 is 1.49. The molecule has 1 aromatic rings. The van der Waals surface area contributed by atoms with Crippen molar-refractivity contribution < 1.29 is 42.3 Å². The Kier molecular flexibility index (Phi) is 4.68. The molecule has 0 fully saturated rings. The van der Waals surface area contributed by atoms with E-state index in [9.17, 15) is 0 Å². The molecule has 0 aromatic heterocycles. The molecule has 0 unspecified atom stereocenters. The standard InChI is InChI=1S/C7H7.HI.Zn/c1-7-5-3-2-4-6-7;;/h2-5H,1H3;1H;/q;;+1/p-1. The Balaban J connectivity index is 0.000000640. The molecule has 1 rings (SSSR count). The van der Waals surface area contributed by atoms with Crippen molar-refractivity contribution in [3.05, 3.63) is 29.8 Å². The molecule has 0 spiro atoms. The molecule has 0 N–H and O–H groups in total. The van der Waals surface area contributed by atoms with E-state index in [0.717, 1.165) is 0 Å². The molecule has 0 heterocycles. The van der Waals surface area contributed by atoms with E-state index in [1.165, 1.54) is 28.0 Å². The molecule has 0 radical (unpaired) electrons. The van der Waals surface area contributed by atoms with Gasteiger partial charge in [0.15, 0.2) is 0 Å². The first-order chi connectivity index (χ1) is 3.80. The van der Waals surface area contributed by atoms with Gasteiger partial charge in [-0.2, -0.15) is 0 Å². The average Bonchev–Trinajstić information content (AvgIpc) is 1.77. The summed E-state index contributed by atoms with van der Waals surface area (Å²) in [6, 6.07) is 8.49. The second-order valence-corrected chi connectivity index (χ2v) is 3.52. The fourth-order valence-corrected chi connectivity index (χ4v) is 1.14. The van der Waals surface area contributed by atoms with Crippen LogP contribution < -0.4 is 28.1 Å². The van der Waals surface area contributed by atoms with E-state index in [4.69, 9.17) is 0 Å². The van der Waals surface area contributed by atoms with E-state index in [-0.39, 0.29) is 24.0 Å². The molecule has 0 bridgehead atoms. The van der Waals surface area contributed by atoms with Gasteiger partial charge in [-0.3, -0.25) is 0 Å². The second kappa shape index (κ2) is 4.40. The maximum atomic E-state index is 2.18. The summed E-state index contributed by atoms with van der Waals surface area (Å²) in [5.41, 5.74) is 1.42. The van der Waals surface area contributed by atoms with E-state index in [0.29, 0.717) is 0 Å². The van der Waals surface area contributed by atoms with Crippen molar-refractivity contribution in [3.63, 3.8) is 0 Å². The smallest absolute Gasteiger partial charge is 1.00 e. The molecule has 0 atom stereocenters. The van der Waals surface area contributed by atoms with E-state index in [2.05, 4.69) is 31.2 Å². The number of hydrogen-bond donors (Lipinski definition) is 0. The fourth-order valence-electron chi connectivity index (χ4n) is 0.610. The van der Waals surface area contributed by atoms with Crippen LogP contribution in [-0.2, 0) is 18.3 Å². The molecule has 0 aliphatic rings. The van der Waals surface area contributed by atoms with Crippen molar-refractivity contribution in [1.29, 1.82) is 0 Å². The molecule has 0 amide bonds. The summed E-state index contributed by atoms with van der Waals surface area (Å²) in [7, 11) is 0. The molecule has 0 aliphatic carbocycles. The van der Waals surface area contributed by atoms with Gasteiger partial charge in [-0.1, -0.05) is 0 Å². The van der Waals surface area contributed by atoms with Gasteiger partial charge in [0.2, 0.25) is 0 Å². The zero-order valence-electron chi connectivity index (χ0n) is 5.39. The van der Waals surface area contributed by atoms with Gasteiger partial charge in [-0.25, -0.2) is 0 Å². The average molecular weight is 283 g/mol. The molecule has 9 heavy (non-hydrogen) atoms. The first-order valence-electron chi connectivity index (χ1n) is 2.68. The Labute approximate surface area is 82.7 Å². The van der Waals surface area contributed by atoms with Crippen LogP contribution in [0.2, 0.25) is 0 Å². The minimum atomic E-state index is 0. The third-order valence-electron chi connectivity index (χ3n) is 1.26. The van der Waals surface area contributed by atoms with E-state index >= 15 is 0 Å². The van der Waals surface area contributed by atoms with Crippen LogP contribution in [0.15, 0.2) is 24.3 Å². The second-order valence-electron chi connectivity index (χ2n) is 1.93. The Morgan fingerprint density at radius 2 is 1.78 bits per heavy atom. The van der Waals surface area contributed by atoms with Crippen molar-refractivity contribution in [2.24, 2.45) is 0 Å². The minimum absolute atomic E-state index is 0. The van der Waals surface area contributed by atoms with Crippen LogP contribution in [0.25, 0.3) is 0 Å². The molecule has 44 valence electrons. The van der Waals surface area contributed by atoms with Crippen molar-refractivity contribution in [2.75, 3.05) is 0 Å². The maximum absolute atomic E-state index is 2.18. The van der Waals surface area contributed by atoms with Crippen molar-refractivity contribution in [2.45, 2.75) is 6.92 Å². The van der Waals surface area contributed by atoms with Gasteiger partial charge in [0.25, 0.3) is 0 Å². The molecular weight excluding hydrogens is 276 g/mol. The molecule has 0 aliphatic heterocycles. The van der Waals surface area contributed by atoms with E-state index < -0.39 is 0 Å². The topological polar surface area (TPSA) is 0 Å². The van der Waals surface area contributed by atoms with Gasteiger partial charge < -0.3 is 24.0 Å². The first kappa shape index (κ1) is 9.57. The normalized spacial score (nSPS) is 8.33. The SMILES string of the molecule is Cc1cccc[c]1[Zn+].[I-]. The van der Waals surface area contributed by atoms with Crippen LogP contribution in [0.5, 0.6) is 0 Å². The summed E-state index contributed by atoms with van der Waals surface area (Å²) in [4.78, 5) is 0. The first-order valence-corrected chi connectivity index (χ1v) is 4.16. The Bertz CT molecular complexity index is 165. The fraction of sp³-hybridized carbons (Fsp3) is 0.143. The Morgan fingerprint density at radius 3 is 2.11 bits per heavy atom. The van der Waals surface area contributed by atoms with Crippen molar-refractivity contribution >= 4 is 4.16 Å². The van der Waals surface area contributed by atoms with Gasteiger partial charge in [0.1, 0.15) is 0 Å². The number of rotatable bonds is 0. The van der Waals surface area contributed by atoms with E-state index in [1.807, 2.05) is 0 Å². The summed E-state index contributed by atoms with van der Waals surface area (Å²) in [6.07, 6.45) is 0. The van der Waals surface area contributed by atoms with Crippen molar-refractivity contribution in [1.82, 2.24) is 0 Å². The maximum Gasteiger partial charge on any atom is -1.00 e. The number of halogens is 1. The van der Waals surface area contributed by atoms with Gasteiger partial charge in [0, 0.05) is 0 Å². The third kappa shape index (κ3) is 2.77. The molecule has 1 aromatic carbocycles. The van der Waals surface area contributed by atoms with Crippen molar-refractivity contribution in [3.8, 4) is 0 Å². The van der Waals surface area contributed by atoms with Crippen LogP contribution in [0.3, 0.4) is 0 Å². The quantitative estimate of drug-likeness (QED) is 0.388. The number of aryl methyl sites for hydroxylation is 1. The molecule has 2 heteroatoms. The third-order valence-corrected chi connectivity index (χ3v) is 2.93. The van der Waals surface area contributed by atoms with E-state index in [1.54, 1.807) is 0 Å². The van der Waals surface area contributed by atoms with Gasteiger partial charge in [0.05, 0.1) is 0 Å². The summed E-state index contributed by atoms with van der Waals surface area (Å²) in [6.45, 7) is 2.15. The minimum Gasteiger partial charge on any atom is -1.00 e. The molecule has 0 nitrogen and oxygen atoms in total. The van der Waals surface area contributed by atoms with Crippen LogP contribution in [0, 0.1) is 6.92 Å². The molecule has 0 saturated carbocycles. The predicted molar refractivity (Wildman–Crippen MR) is 30.8 cm³/mol. The molecule has 0 saturated heterocycles. The summed E-state index contributed by atoms with van der Waals surface area (Å²) >= 11 is 1.27. The zero-order valence-corrected chi connectivity index (χ0v) is 10.5. The Hall–Kier alpha value is 0.573. The number of hydrogen-bond acceptors (Lipinski definition) is 0. The monoisotopic (exact) mass is 282 g/mol. The largest absolute Gasteiger partial charge is 1.00 e.